The maximum atomic E-state index is 12.9. The summed E-state index contributed by atoms with van der Waals surface area (Å²) in [7, 11) is 0. The molecule has 0 radical (unpaired) electrons. The minimum absolute atomic E-state index is 0.0209. The van der Waals surface area contributed by atoms with Gasteiger partial charge in [0, 0.05) is 18.2 Å². The molecule has 0 fully saturated rings. The lowest BCUT2D eigenvalue weighted by Gasteiger charge is -2.25. The zero-order chi connectivity index (χ0) is 14.3. The summed E-state index contributed by atoms with van der Waals surface area (Å²) >= 11 is 0. The molecule has 0 unspecified atom stereocenters. The molecule has 0 spiro atoms. The monoisotopic (exact) mass is 269 g/mol. The second kappa shape index (κ2) is 7.09. The molecule has 1 rings (SSSR count). The van der Waals surface area contributed by atoms with Gasteiger partial charge < -0.3 is 15.2 Å². The van der Waals surface area contributed by atoms with Crippen LogP contribution >= 0.6 is 0 Å². The van der Waals surface area contributed by atoms with E-state index in [1.165, 1.54) is 12.1 Å². The van der Waals surface area contributed by atoms with Crippen LogP contribution in [-0.4, -0.2) is 29.8 Å². The van der Waals surface area contributed by atoms with Gasteiger partial charge in [0.2, 0.25) is 5.91 Å². The molecule has 0 aliphatic carbocycles. The Morgan fingerprint density at radius 2 is 2.21 bits per heavy atom. The molecule has 19 heavy (non-hydrogen) atoms. The number of hydrogen-bond acceptors (Lipinski definition) is 3. The smallest absolute Gasteiger partial charge is 0.223 e. The molecule has 0 aromatic heterocycles. The summed E-state index contributed by atoms with van der Waals surface area (Å²) in [5, 5.41) is 11.7. The van der Waals surface area contributed by atoms with Gasteiger partial charge in [-0.05, 0) is 32.4 Å². The third kappa shape index (κ3) is 6.20. The van der Waals surface area contributed by atoms with E-state index >= 15 is 0 Å². The fourth-order valence-electron chi connectivity index (χ4n) is 1.60. The third-order valence-electron chi connectivity index (χ3n) is 2.61. The SMILES string of the molecule is CC(C)(CCO)NC(=O)CCOc1cccc(F)c1. The Balaban J connectivity index is 2.31. The normalized spacial score (nSPS) is 11.2. The van der Waals surface area contributed by atoms with E-state index < -0.39 is 5.54 Å². The second-order valence-electron chi connectivity index (χ2n) is 4.96. The Morgan fingerprint density at radius 1 is 1.47 bits per heavy atom. The molecule has 0 saturated heterocycles. The molecule has 106 valence electrons. The minimum Gasteiger partial charge on any atom is -0.493 e. The molecular formula is C14H20FNO3. The van der Waals surface area contributed by atoms with E-state index in [1.807, 2.05) is 13.8 Å². The van der Waals surface area contributed by atoms with E-state index in [4.69, 9.17) is 9.84 Å². The van der Waals surface area contributed by atoms with Gasteiger partial charge in [0.25, 0.3) is 0 Å². The second-order valence-corrected chi connectivity index (χ2v) is 4.96. The summed E-state index contributed by atoms with van der Waals surface area (Å²) in [6.45, 7) is 3.89. The summed E-state index contributed by atoms with van der Waals surface area (Å²) in [5.41, 5.74) is -0.440. The molecule has 4 nitrogen and oxygen atoms in total. The van der Waals surface area contributed by atoms with Crippen molar-refractivity contribution in [2.24, 2.45) is 0 Å². The molecular weight excluding hydrogens is 249 g/mol. The molecule has 0 bridgehead atoms. The van der Waals surface area contributed by atoms with Crippen LogP contribution in [0.25, 0.3) is 0 Å². The number of ether oxygens (including phenoxy) is 1. The van der Waals surface area contributed by atoms with E-state index in [0.29, 0.717) is 12.2 Å². The van der Waals surface area contributed by atoms with Gasteiger partial charge in [-0.25, -0.2) is 4.39 Å². The third-order valence-corrected chi connectivity index (χ3v) is 2.61. The fraction of sp³-hybridized carbons (Fsp3) is 0.500. The van der Waals surface area contributed by atoms with Crippen LogP contribution in [0.15, 0.2) is 24.3 Å². The van der Waals surface area contributed by atoms with Gasteiger partial charge in [0.1, 0.15) is 11.6 Å². The summed E-state index contributed by atoms with van der Waals surface area (Å²) in [5.74, 6) is -0.122. The van der Waals surface area contributed by atoms with E-state index in [0.717, 1.165) is 0 Å². The predicted octanol–water partition coefficient (Wildman–Crippen LogP) is 1.87. The Morgan fingerprint density at radius 3 is 2.84 bits per heavy atom. The molecule has 1 aromatic carbocycles. The number of benzene rings is 1. The summed E-state index contributed by atoms with van der Waals surface area (Å²) in [6.07, 6.45) is 0.675. The molecule has 0 saturated carbocycles. The van der Waals surface area contributed by atoms with Crippen molar-refractivity contribution in [2.75, 3.05) is 13.2 Å². The number of nitrogens with one attached hydrogen (secondary N) is 1. The van der Waals surface area contributed by atoms with E-state index in [1.54, 1.807) is 12.1 Å². The first kappa shape index (κ1) is 15.4. The van der Waals surface area contributed by atoms with Gasteiger partial charge in [-0.1, -0.05) is 6.07 Å². The van der Waals surface area contributed by atoms with Crippen LogP contribution in [0.1, 0.15) is 26.7 Å². The van der Waals surface area contributed by atoms with Crippen LogP contribution in [0.4, 0.5) is 4.39 Å². The largest absolute Gasteiger partial charge is 0.493 e. The highest BCUT2D eigenvalue weighted by Crippen LogP contribution is 2.12. The highest BCUT2D eigenvalue weighted by molar-refractivity contribution is 5.76. The van der Waals surface area contributed by atoms with Crippen molar-refractivity contribution in [2.45, 2.75) is 32.2 Å². The number of hydrogen-bond donors (Lipinski definition) is 2. The number of carbonyl (C=O) groups is 1. The zero-order valence-electron chi connectivity index (χ0n) is 11.3. The number of aliphatic hydroxyl groups is 1. The van der Waals surface area contributed by atoms with Crippen LogP contribution < -0.4 is 10.1 Å². The van der Waals surface area contributed by atoms with Crippen molar-refractivity contribution >= 4 is 5.91 Å². The van der Waals surface area contributed by atoms with Gasteiger partial charge in [-0.2, -0.15) is 0 Å². The maximum absolute atomic E-state index is 12.9. The van der Waals surface area contributed by atoms with Gasteiger partial charge in [-0.3, -0.25) is 4.79 Å². The van der Waals surface area contributed by atoms with Gasteiger partial charge in [0.05, 0.1) is 13.0 Å². The molecule has 5 heteroatoms. The molecule has 0 aliphatic heterocycles. The lowest BCUT2D eigenvalue weighted by molar-refractivity contribution is -0.123. The average Bonchev–Trinajstić information content (AvgIpc) is 2.27. The Hall–Kier alpha value is -1.62. The molecule has 0 aliphatic rings. The summed E-state index contributed by atoms with van der Waals surface area (Å²) in [4.78, 5) is 11.6. The number of rotatable bonds is 7. The van der Waals surface area contributed by atoms with Gasteiger partial charge in [-0.15, -0.1) is 0 Å². The van der Waals surface area contributed by atoms with Crippen LogP contribution in [0, 0.1) is 5.82 Å². The molecule has 1 amide bonds. The van der Waals surface area contributed by atoms with Crippen LogP contribution in [0.3, 0.4) is 0 Å². The first-order valence-corrected chi connectivity index (χ1v) is 6.23. The Bertz CT molecular complexity index is 421. The molecule has 0 atom stereocenters. The predicted molar refractivity (Wildman–Crippen MR) is 70.4 cm³/mol. The standard InChI is InChI=1S/C14H20FNO3/c1-14(2,7-8-17)16-13(18)6-9-19-12-5-3-4-11(15)10-12/h3-5,10,17H,6-9H2,1-2H3,(H,16,18). The lowest BCUT2D eigenvalue weighted by Crippen LogP contribution is -2.44. The first-order valence-electron chi connectivity index (χ1n) is 6.23. The van der Waals surface area contributed by atoms with Crippen molar-refractivity contribution in [3.63, 3.8) is 0 Å². The van der Waals surface area contributed by atoms with Crippen LogP contribution in [0.2, 0.25) is 0 Å². The van der Waals surface area contributed by atoms with Crippen LogP contribution in [-0.2, 0) is 4.79 Å². The highest BCUT2D eigenvalue weighted by Gasteiger charge is 2.19. The van der Waals surface area contributed by atoms with Crippen molar-refractivity contribution in [1.82, 2.24) is 5.32 Å². The first-order chi connectivity index (χ1) is 8.93. The lowest BCUT2D eigenvalue weighted by atomic mass is 10.0. The quantitative estimate of drug-likeness (QED) is 0.794. The van der Waals surface area contributed by atoms with Crippen molar-refractivity contribution in [3.8, 4) is 5.75 Å². The number of halogens is 1. The minimum atomic E-state index is -0.440. The number of amides is 1. The molecule has 1 aromatic rings. The van der Waals surface area contributed by atoms with Crippen molar-refractivity contribution in [3.05, 3.63) is 30.1 Å². The Kier molecular flexibility index (Phi) is 5.76. The summed E-state index contributed by atoms with van der Waals surface area (Å²) in [6, 6.07) is 5.79. The van der Waals surface area contributed by atoms with Gasteiger partial charge in [0.15, 0.2) is 0 Å². The van der Waals surface area contributed by atoms with E-state index in [9.17, 15) is 9.18 Å². The average molecular weight is 269 g/mol. The highest BCUT2D eigenvalue weighted by atomic mass is 19.1. The van der Waals surface area contributed by atoms with Gasteiger partial charge >= 0.3 is 0 Å². The fourth-order valence-corrected chi connectivity index (χ4v) is 1.60. The van der Waals surface area contributed by atoms with Crippen molar-refractivity contribution in [1.29, 1.82) is 0 Å². The molecule has 0 heterocycles. The Labute approximate surface area is 112 Å². The number of carbonyl (C=O) groups excluding carboxylic acids is 1. The van der Waals surface area contributed by atoms with E-state index in [-0.39, 0.29) is 31.4 Å². The summed E-state index contributed by atoms with van der Waals surface area (Å²) < 4.78 is 18.2. The zero-order valence-corrected chi connectivity index (χ0v) is 11.3. The topological polar surface area (TPSA) is 58.6 Å². The van der Waals surface area contributed by atoms with E-state index in [2.05, 4.69) is 5.32 Å². The number of aliphatic hydroxyl groups excluding tert-OH is 1. The molecule has 2 N–H and O–H groups in total. The van der Waals surface area contributed by atoms with Crippen LogP contribution in [0.5, 0.6) is 5.75 Å². The maximum Gasteiger partial charge on any atom is 0.223 e. The van der Waals surface area contributed by atoms with Crippen molar-refractivity contribution < 1.29 is 19.0 Å².